The van der Waals surface area contributed by atoms with Gasteiger partial charge >= 0.3 is 0 Å². The van der Waals surface area contributed by atoms with E-state index >= 15 is 0 Å². The molecule has 0 aliphatic carbocycles. The van der Waals surface area contributed by atoms with Crippen molar-refractivity contribution in [1.29, 1.82) is 0 Å². The molecule has 11 rings (SSSR count). The van der Waals surface area contributed by atoms with Gasteiger partial charge in [0.1, 0.15) is 11.2 Å². The van der Waals surface area contributed by atoms with Crippen molar-refractivity contribution >= 4 is 21.9 Å². The normalized spacial score (nSPS) is 12.4. The smallest absolute Gasteiger partial charge is 0.164 e. The van der Waals surface area contributed by atoms with Crippen LogP contribution in [0, 0.1) is 0 Å². The summed E-state index contributed by atoms with van der Waals surface area (Å²) in [6.45, 7) is 0. The zero-order valence-electron chi connectivity index (χ0n) is 37.7. The number of aromatic nitrogens is 3. The van der Waals surface area contributed by atoms with Gasteiger partial charge in [-0.15, -0.1) is 0 Å². The fraction of sp³-hybridized carbons (Fsp3) is 0. The first kappa shape index (κ1) is 30.8. The Morgan fingerprint density at radius 1 is 0.311 bits per heavy atom. The lowest BCUT2D eigenvalue weighted by atomic mass is 9.89. The lowest BCUT2D eigenvalue weighted by Gasteiger charge is -2.14. The van der Waals surface area contributed by atoms with Gasteiger partial charge in [0, 0.05) is 27.5 Å². The predicted molar refractivity (Wildman–Crippen MR) is 251 cm³/mol. The lowest BCUT2D eigenvalue weighted by Crippen LogP contribution is -2.00. The van der Waals surface area contributed by atoms with Crippen molar-refractivity contribution in [3.8, 4) is 89.8 Å². The number of hydrogen-bond donors (Lipinski definition) is 0. The van der Waals surface area contributed by atoms with Crippen LogP contribution in [0.4, 0.5) is 0 Å². The molecule has 11 aromatic rings. The van der Waals surface area contributed by atoms with Gasteiger partial charge in [0.05, 0.1) is 6.85 Å². The molecule has 0 aliphatic rings. The first-order chi connectivity index (χ1) is 32.3. The van der Waals surface area contributed by atoms with E-state index in [4.69, 9.17) is 26.2 Å². The van der Waals surface area contributed by atoms with Gasteiger partial charge in [-0.2, -0.15) is 0 Å². The maximum Gasteiger partial charge on any atom is 0.164 e. The number of fused-ring (bicyclic) bond motifs is 3. The molecule has 0 bridgehead atoms. The molecule has 0 unspecified atom stereocenters. The van der Waals surface area contributed by atoms with Gasteiger partial charge in [0.15, 0.2) is 17.5 Å². The molecule has 0 amide bonds. The highest BCUT2D eigenvalue weighted by atomic mass is 16.3. The third-order valence-corrected chi connectivity index (χ3v) is 11.1. The average Bonchev–Trinajstić information content (AvgIpc) is 3.77. The Balaban J connectivity index is 1.05. The van der Waals surface area contributed by atoms with Crippen LogP contribution in [-0.2, 0) is 0 Å². The summed E-state index contributed by atoms with van der Waals surface area (Å²) in [6.07, 6.45) is 0. The van der Waals surface area contributed by atoms with Crippen molar-refractivity contribution in [3.63, 3.8) is 0 Å². The van der Waals surface area contributed by atoms with E-state index in [2.05, 4.69) is 48.5 Å². The van der Waals surface area contributed by atoms with Crippen LogP contribution in [-0.4, -0.2) is 15.0 Å². The molecule has 2 aromatic heterocycles. The van der Waals surface area contributed by atoms with Gasteiger partial charge in [0.2, 0.25) is 0 Å². The van der Waals surface area contributed by atoms with Crippen molar-refractivity contribution in [1.82, 2.24) is 15.0 Å². The molecule has 9 aromatic carbocycles. The molecule has 0 spiro atoms. The van der Waals surface area contributed by atoms with Gasteiger partial charge in [-0.3, -0.25) is 0 Å². The van der Waals surface area contributed by atoms with Crippen molar-refractivity contribution in [2.45, 2.75) is 0 Å². The zero-order valence-corrected chi connectivity index (χ0v) is 32.7. The Kier molecular flexibility index (Phi) is 7.84. The summed E-state index contributed by atoms with van der Waals surface area (Å²) in [5.41, 5.74) is 12.0. The quantitative estimate of drug-likeness (QED) is 0.154. The minimum atomic E-state index is -0.437. The minimum absolute atomic E-state index is 0.131. The predicted octanol–water partition coefficient (Wildman–Crippen LogP) is 15.1. The number of benzene rings is 9. The molecule has 0 saturated heterocycles. The fourth-order valence-electron chi connectivity index (χ4n) is 8.02. The molecule has 4 heteroatoms. The number of furan rings is 1. The summed E-state index contributed by atoms with van der Waals surface area (Å²) < 4.78 is 50.0. The van der Waals surface area contributed by atoms with E-state index in [0.717, 1.165) is 66.4 Å². The first-order valence-corrected chi connectivity index (χ1v) is 20.1. The minimum Gasteiger partial charge on any atom is -0.456 e. The zero-order chi connectivity index (χ0) is 44.9. The highest BCUT2D eigenvalue weighted by Crippen LogP contribution is 2.43. The van der Waals surface area contributed by atoms with E-state index < -0.39 is 6.04 Å². The Labute approximate surface area is 361 Å². The van der Waals surface area contributed by atoms with Crippen LogP contribution in [0.2, 0.25) is 0 Å². The maximum atomic E-state index is 9.00. The van der Waals surface area contributed by atoms with E-state index in [0.29, 0.717) is 39.8 Å². The van der Waals surface area contributed by atoms with E-state index in [-0.39, 0.29) is 29.7 Å². The van der Waals surface area contributed by atoms with Gasteiger partial charge in [0.25, 0.3) is 0 Å². The van der Waals surface area contributed by atoms with Gasteiger partial charge in [-0.1, -0.05) is 200 Å². The number of nitrogens with zero attached hydrogens (tertiary/aromatic N) is 3. The fourth-order valence-corrected chi connectivity index (χ4v) is 8.02. The highest BCUT2D eigenvalue weighted by Gasteiger charge is 2.19. The topological polar surface area (TPSA) is 51.8 Å². The van der Waals surface area contributed by atoms with Crippen LogP contribution in [0.15, 0.2) is 229 Å². The molecule has 0 fully saturated rings. The van der Waals surface area contributed by atoms with E-state index in [1.807, 2.05) is 146 Å². The average molecular weight is 785 g/mol. The maximum absolute atomic E-state index is 9.00. The summed E-state index contributed by atoms with van der Waals surface area (Å²) >= 11 is 0. The van der Waals surface area contributed by atoms with E-state index in [1.165, 1.54) is 0 Å². The van der Waals surface area contributed by atoms with Crippen LogP contribution in [0.1, 0.15) is 6.85 Å². The van der Waals surface area contributed by atoms with Gasteiger partial charge < -0.3 is 4.42 Å². The van der Waals surface area contributed by atoms with Crippen LogP contribution < -0.4 is 0 Å². The summed E-state index contributed by atoms with van der Waals surface area (Å²) in [7, 11) is 0. The summed E-state index contributed by atoms with van der Waals surface area (Å²) in [4.78, 5) is 15.2. The third kappa shape index (κ3) is 6.96. The second-order valence-electron chi connectivity index (χ2n) is 14.8. The largest absolute Gasteiger partial charge is 0.456 e. The van der Waals surface area contributed by atoms with Gasteiger partial charge in [-0.25, -0.2) is 15.0 Å². The van der Waals surface area contributed by atoms with E-state index in [1.54, 1.807) is 0 Å². The Hall–Kier alpha value is -8.21. The summed E-state index contributed by atoms with van der Waals surface area (Å²) in [5, 5.41) is 1.67. The molecule has 4 nitrogen and oxygen atoms in total. The van der Waals surface area contributed by atoms with Crippen molar-refractivity contribution in [3.05, 3.63) is 224 Å². The molecule has 286 valence electrons. The Morgan fingerprint density at radius 2 is 0.787 bits per heavy atom. The van der Waals surface area contributed by atoms with Crippen LogP contribution >= 0.6 is 0 Å². The standard InChI is InChI=1S/C57H37N3O/c1-5-14-38(15-6-1)41-24-28-44(29-25-41)55-58-56(45-30-26-42(27-31-45)39-16-7-2-8-17-39)60-57(59-55)47-33-35-50-53(37-47)61-52-23-13-22-49(54(50)52)48-34-32-46(40-18-9-3-10-19-40)36-51(48)43-20-11-4-12-21-43/h1-37H/i4D,11D,12D,20D,21D. The molecular weight excluding hydrogens is 743 g/mol. The van der Waals surface area contributed by atoms with E-state index in [9.17, 15) is 0 Å². The van der Waals surface area contributed by atoms with Crippen molar-refractivity contribution in [2.24, 2.45) is 0 Å². The third-order valence-electron chi connectivity index (χ3n) is 11.1. The summed E-state index contributed by atoms with van der Waals surface area (Å²) in [6, 6.07) is 62.7. The van der Waals surface area contributed by atoms with Crippen molar-refractivity contribution in [2.75, 3.05) is 0 Å². The molecule has 0 saturated carbocycles. The lowest BCUT2D eigenvalue weighted by molar-refractivity contribution is 0.669. The van der Waals surface area contributed by atoms with Crippen molar-refractivity contribution < 1.29 is 11.3 Å². The monoisotopic (exact) mass is 784 g/mol. The molecule has 0 radical (unpaired) electrons. The molecule has 0 atom stereocenters. The first-order valence-electron chi connectivity index (χ1n) is 22.6. The van der Waals surface area contributed by atoms with Crippen LogP contribution in [0.5, 0.6) is 0 Å². The van der Waals surface area contributed by atoms with Gasteiger partial charge in [-0.05, 0) is 79.9 Å². The number of hydrogen-bond acceptors (Lipinski definition) is 4. The second kappa shape index (κ2) is 15.5. The summed E-state index contributed by atoms with van der Waals surface area (Å²) in [5.74, 6) is 1.55. The SMILES string of the molecule is [2H]c1c([2H])c([2H])c(-c2cc(-c3ccccc3)ccc2-c2cccc3oc4cc(-c5nc(-c6ccc(-c7ccccc7)cc6)nc(-c6ccc(-c7ccccc7)cc6)n5)ccc4c23)c([2H])c1[2H]. The Bertz CT molecular complexity index is 3490. The Morgan fingerprint density at radius 3 is 1.36 bits per heavy atom. The van der Waals surface area contributed by atoms with Crippen LogP contribution in [0.3, 0.4) is 0 Å². The molecule has 0 aliphatic heterocycles. The molecule has 2 heterocycles. The second-order valence-corrected chi connectivity index (χ2v) is 14.8. The molecule has 61 heavy (non-hydrogen) atoms. The number of rotatable bonds is 8. The van der Waals surface area contributed by atoms with Crippen LogP contribution in [0.25, 0.3) is 112 Å². The highest BCUT2D eigenvalue weighted by molar-refractivity contribution is 6.14. The molecule has 0 N–H and O–H groups in total. The molecular formula is C57H37N3O.